The fourth-order valence-electron chi connectivity index (χ4n) is 13.8. The molecule has 0 saturated heterocycles. The molecule has 0 bridgehead atoms. The first-order valence-corrected chi connectivity index (χ1v) is 28.8. The highest BCUT2D eigenvalue weighted by atomic mass is 16.4. The second-order valence-electron chi connectivity index (χ2n) is 29.1. The predicted octanol–water partition coefficient (Wildman–Crippen LogP) is 18.4. The van der Waals surface area contributed by atoms with Crippen molar-refractivity contribution >= 4 is 79.8 Å². The molecule has 0 amide bonds. The Morgan fingerprint density at radius 3 is 1.60 bits per heavy atom. The van der Waals surface area contributed by atoms with Crippen molar-refractivity contribution in [2.45, 2.75) is 181 Å². The van der Waals surface area contributed by atoms with Gasteiger partial charge in [0.15, 0.2) is 0 Å². The zero-order valence-corrected chi connectivity index (χ0v) is 49.4. The molecule has 3 aliphatic heterocycles. The van der Waals surface area contributed by atoms with Gasteiger partial charge in [-0.2, -0.15) is 0 Å². The number of furan rings is 1. The third kappa shape index (κ3) is 7.97. The minimum atomic E-state index is -0.182. The van der Waals surface area contributed by atoms with Gasteiger partial charge < -0.3 is 14.2 Å². The van der Waals surface area contributed by atoms with E-state index < -0.39 is 0 Å². The van der Waals surface area contributed by atoms with Gasteiger partial charge in [0.1, 0.15) is 5.58 Å². The van der Waals surface area contributed by atoms with E-state index in [1.165, 1.54) is 90.5 Å². The summed E-state index contributed by atoms with van der Waals surface area (Å²) in [4.78, 5) is 7.99. The summed E-state index contributed by atoms with van der Waals surface area (Å²) in [5.41, 5.74) is 23.4. The van der Waals surface area contributed by atoms with Crippen LogP contribution in [0.2, 0.25) is 0 Å². The van der Waals surface area contributed by atoms with Crippen LogP contribution >= 0.6 is 0 Å². The van der Waals surface area contributed by atoms with E-state index in [1.54, 1.807) is 0 Å². The summed E-state index contributed by atoms with van der Waals surface area (Å²) in [6.45, 7) is 40.1. The molecule has 4 heterocycles. The van der Waals surface area contributed by atoms with E-state index in [1.807, 2.05) is 0 Å². The molecular weight excluding hydrogens is 934 g/mol. The van der Waals surface area contributed by atoms with E-state index in [-0.39, 0.29) is 44.7 Å². The van der Waals surface area contributed by atoms with Crippen molar-refractivity contribution < 1.29 is 4.42 Å². The first-order valence-electron chi connectivity index (χ1n) is 28.8. The lowest BCUT2D eigenvalue weighted by atomic mass is 9.33. The number of anilines is 8. The van der Waals surface area contributed by atoms with Gasteiger partial charge in [-0.05, 0) is 151 Å². The highest BCUT2D eigenvalue weighted by molar-refractivity contribution is 7.01. The maximum atomic E-state index is 7.71. The normalized spacial score (nSPS) is 19.1. The summed E-state index contributed by atoms with van der Waals surface area (Å²) >= 11 is 0. The number of hydrogen-bond donors (Lipinski definition) is 0. The van der Waals surface area contributed by atoms with Gasteiger partial charge >= 0.3 is 0 Å². The minimum absolute atomic E-state index is 0.00988. The Balaban J connectivity index is 1.26. The largest absolute Gasteiger partial charge is 0.440 e. The fraction of sp³-hybridized carbons (Fsp3) is 0.389. The average Bonchev–Trinajstić information content (AvgIpc) is 4.08. The molecule has 4 nitrogen and oxygen atoms in total. The molecule has 2 atom stereocenters. The molecule has 2 unspecified atom stereocenters. The van der Waals surface area contributed by atoms with Crippen LogP contribution in [0.3, 0.4) is 0 Å². The molecule has 0 N–H and O–H groups in total. The van der Waals surface area contributed by atoms with Crippen molar-refractivity contribution in [3.05, 3.63) is 173 Å². The summed E-state index contributed by atoms with van der Waals surface area (Å²) in [7, 11) is 0. The van der Waals surface area contributed by atoms with Crippen molar-refractivity contribution in [3.63, 3.8) is 0 Å². The van der Waals surface area contributed by atoms with Gasteiger partial charge in [-0.3, -0.25) is 4.90 Å². The van der Waals surface area contributed by atoms with Gasteiger partial charge in [0.25, 0.3) is 6.71 Å². The summed E-state index contributed by atoms with van der Waals surface area (Å²) in [5.74, 6) is 0.902. The van der Waals surface area contributed by atoms with Crippen molar-refractivity contribution in [1.82, 2.24) is 0 Å². The van der Waals surface area contributed by atoms with Crippen LogP contribution in [0.4, 0.5) is 45.7 Å². The third-order valence-electron chi connectivity index (χ3n) is 18.8. The van der Waals surface area contributed by atoms with Crippen LogP contribution in [-0.4, -0.2) is 12.3 Å². The molecule has 1 aliphatic carbocycles. The minimum Gasteiger partial charge on any atom is -0.440 e. The summed E-state index contributed by atoms with van der Waals surface area (Å²) in [5, 5.41) is 1.19. The summed E-state index contributed by atoms with van der Waals surface area (Å²) in [6, 6.07) is 54.6. The smallest absolute Gasteiger partial charge is 0.257 e. The van der Waals surface area contributed by atoms with Crippen molar-refractivity contribution in [2.75, 3.05) is 14.7 Å². The highest BCUT2D eigenvalue weighted by Crippen LogP contribution is 2.63. The molecule has 77 heavy (non-hydrogen) atoms. The Bertz CT molecular complexity index is 3580. The molecule has 0 radical (unpaired) electrons. The van der Waals surface area contributed by atoms with Crippen LogP contribution in [0, 0.1) is 0 Å². The predicted molar refractivity (Wildman–Crippen MR) is 332 cm³/mol. The molecule has 4 aliphatic rings. The molecule has 1 aromatic heterocycles. The number of hydrogen-bond acceptors (Lipinski definition) is 4. The Labute approximate surface area is 462 Å². The highest BCUT2D eigenvalue weighted by Gasteiger charge is 2.62. The van der Waals surface area contributed by atoms with E-state index in [2.05, 4.69) is 272 Å². The van der Waals surface area contributed by atoms with Crippen molar-refractivity contribution in [2.24, 2.45) is 0 Å². The van der Waals surface area contributed by atoms with Crippen LogP contribution in [0.25, 0.3) is 22.1 Å². The summed E-state index contributed by atoms with van der Waals surface area (Å²) < 4.78 is 7.71. The van der Waals surface area contributed by atoms with E-state index >= 15 is 0 Å². The fourth-order valence-corrected chi connectivity index (χ4v) is 13.8. The zero-order chi connectivity index (χ0) is 54.7. The van der Waals surface area contributed by atoms with Crippen LogP contribution in [-0.2, 0) is 32.5 Å². The van der Waals surface area contributed by atoms with E-state index in [9.17, 15) is 0 Å². The Kier molecular flexibility index (Phi) is 11.3. The maximum absolute atomic E-state index is 7.71. The third-order valence-corrected chi connectivity index (χ3v) is 18.8. The van der Waals surface area contributed by atoms with Crippen molar-refractivity contribution in [1.29, 1.82) is 0 Å². The maximum Gasteiger partial charge on any atom is 0.257 e. The Morgan fingerprint density at radius 2 is 1.01 bits per heavy atom. The first-order chi connectivity index (χ1) is 36.1. The standard InChI is InChI=1S/C72H82BN3O/c1-66(2,3)46-25-31-51(32-26-46)74(52-33-27-47(28-34-52)67(4,5)6)53-43-59-63-60(44-53)76-64-56(71(16)37-21-22-38-72(71,76)17)40-50(70(13,14)15)41-57(64)73(63)62-54-35-29-49(69(10,11)12)42-61(54)77-65(62)75(59)58-36-30-48(68(7,8)9)39-55(58)45-23-19-18-20-24-45/h18-20,23-36,39-44H,21-22,37-38H2,1-17H3. The molecule has 0 spiro atoms. The quantitative estimate of drug-likeness (QED) is 0.160. The zero-order valence-electron chi connectivity index (χ0n) is 49.4. The number of benzene rings is 7. The number of nitrogens with zero attached hydrogens (tertiary/aromatic N) is 3. The Hall–Kier alpha value is -6.46. The average molecular weight is 1020 g/mol. The SMILES string of the molecule is CC(C)(C)c1ccc(N(c2ccc(C(C)(C)C)cc2)c2cc3c4c(c2)N2c5c(cc(C(C)(C)C)cc5C5(C)CCCCC25C)B4c2c(oc4cc(C(C)(C)C)ccc24)N3c2ccc(C(C)(C)C)cc2-c2ccccc2)cc1. The molecular formula is C72H82BN3O. The molecule has 5 heteroatoms. The van der Waals surface area contributed by atoms with Crippen LogP contribution in [0.15, 0.2) is 144 Å². The van der Waals surface area contributed by atoms with Crippen LogP contribution in [0.5, 0.6) is 0 Å². The molecule has 1 saturated carbocycles. The molecule has 7 aromatic carbocycles. The second kappa shape index (κ2) is 17.0. The van der Waals surface area contributed by atoms with Crippen LogP contribution in [0.1, 0.15) is 177 Å². The van der Waals surface area contributed by atoms with E-state index in [0.717, 1.165) is 52.7 Å². The lowest BCUT2D eigenvalue weighted by Gasteiger charge is -2.52. The molecule has 394 valence electrons. The summed E-state index contributed by atoms with van der Waals surface area (Å²) in [6.07, 6.45) is 4.70. The number of rotatable bonds is 5. The molecule has 12 rings (SSSR count). The molecule has 1 fully saturated rings. The Morgan fingerprint density at radius 1 is 0.481 bits per heavy atom. The topological polar surface area (TPSA) is 22.9 Å². The monoisotopic (exact) mass is 1020 g/mol. The lowest BCUT2D eigenvalue weighted by molar-refractivity contribution is 0.195. The van der Waals surface area contributed by atoms with E-state index in [4.69, 9.17) is 4.42 Å². The van der Waals surface area contributed by atoms with Gasteiger partial charge in [0, 0.05) is 50.3 Å². The number of fused-ring (bicyclic) bond motifs is 9. The van der Waals surface area contributed by atoms with Crippen LogP contribution < -0.4 is 31.1 Å². The van der Waals surface area contributed by atoms with Crippen molar-refractivity contribution in [3.8, 4) is 11.1 Å². The lowest BCUT2D eigenvalue weighted by Crippen LogP contribution is -2.64. The van der Waals surface area contributed by atoms with E-state index in [0.29, 0.717) is 0 Å². The van der Waals surface area contributed by atoms with Gasteiger partial charge in [-0.15, -0.1) is 0 Å². The first kappa shape index (κ1) is 51.3. The van der Waals surface area contributed by atoms with Gasteiger partial charge in [-0.1, -0.05) is 209 Å². The molecule has 8 aromatic rings. The second-order valence-corrected chi connectivity index (χ2v) is 29.1. The van der Waals surface area contributed by atoms with Gasteiger partial charge in [0.05, 0.1) is 16.9 Å². The van der Waals surface area contributed by atoms with Gasteiger partial charge in [-0.25, -0.2) is 0 Å². The van der Waals surface area contributed by atoms with Gasteiger partial charge in [0.2, 0.25) is 5.88 Å².